The molecule has 220 valence electrons. The Morgan fingerprint density at radius 3 is 2.35 bits per heavy atom. The lowest BCUT2D eigenvalue weighted by Crippen LogP contribution is -2.54. The molecule has 1 unspecified atom stereocenters. The Labute approximate surface area is 245 Å². The largest absolute Gasteiger partial charge is 0.503 e. The molecule has 0 fully saturated rings. The first kappa shape index (κ1) is 29.2. The van der Waals surface area contributed by atoms with Crippen molar-refractivity contribution in [2.75, 3.05) is 5.32 Å². The third kappa shape index (κ3) is 5.87. The maximum absolute atomic E-state index is 14.1. The van der Waals surface area contributed by atoms with E-state index in [1.807, 2.05) is 38.1 Å². The zero-order valence-corrected chi connectivity index (χ0v) is 23.4. The monoisotopic (exact) mass is 586 g/mol. The zero-order chi connectivity index (χ0) is 30.8. The van der Waals surface area contributed by atoms with Crippen LogP contribution >= 0.6 is 0 Å². The number of anilines is 1. The van der Waals surface area contributed by atoms with Crippen LogP contribution in [0.15, 0.2) is 77.7 Å². The molecule has 4 aromatic rings. The van der Waals surface area contributed by atoms with Gasteiger partial charge in [0.25, 0.3) is 11.8 Å². The fourth-order valence-electron chi connectivity index (χ4n) is 5.08. The molecular weight excluding hydrogens is 558 g/mol. The third-order valence-corrected chi connectivity index (χ3v) is 7.39. The van der Waals surface area contributed by atoms with Gasteiger partial charge in [-0.05, 0) is 36.6 Å². The highest BCUT2D eigenvalue weighted by atomic mass is 19.1. The van der Waals surface area contributed by atoms with Crippen molar-refractivity contribution in [1.29, 1.82) is 0 Å². The number of nitrogens with one attached hydrogen (secondary N) is 2. The average Bonchev–Trinajstić information content (AvgIpc) is 2.97. The summed E-state index contributed by atoms with van der Waals surface area (Å²) in [6.45, 7) is 3.17. The predicted molar refractivity (Wildman–Crippen MR) is 155 cm³/mol. The Balaban J connectivity index is 1.50. The van der Waals surface area contributed by atoms with Crippen molar-refractivity contribution in [2.24, 2.45) is 0 Å². The SMILES string of the molecule is Cc1cccc(C)c1NC(=O)C1Cn2cc(C(=O)NCc3ccc(F)cc3F)c(=O)c(O)c2C(=O)N1Cc1ccccc1. The number of para-hydroxylation sites is 1. The van der Waals surface area contributed by atoms with E-state index in [0.29, 0.717) is 11.8 Å². The van der Waals surface area contributed by atoms with Crippen molar-refractivity contribution >= 4 is 23.4 Å². The number of carbonyl (C=O) groups is 3. The predicted octanol–water partition coefficient (Wildman–Crippen LogP) is 4.04. The number of hydrogen-bond acceptors (Lipinski definition) is 5. The summed E-state index contributed by atoms with van der Waals surface area (Å²) in [7, 11) is 0. The molecule has 11 heteroatoms. The van der Waals surface area contributed by atoms with Gasteiger partial charge in [-0.3, -0.25) is 19.2 Å². The summed E-state index contributed by atoms with van der Waals surface area (Å²) in [4.78, 5) is 54.8. The van der Waals surface area contributed by atoms with Crippen LogP contribution in [0.2, 0.25) is 0 Å². The van der Waals surface area contributed by atoms with E-state index < -0.39 is 52.1 Å². The van der Waals surface area contributed by atoms with Crippen molar-refractivity contribution < 1.29 is 28.3 Å². The second-order valence-corrected chi connectivity index (χ2v) is 10.3. The van der Waals surface area contributed by atoms with Crippen LogP contribution in [0.5, 0.6) is 5.75 Å². The Bertz CT molecular complexity index is 1790. The number of aromatic hydroxyl groups is 1. The van der Waals surface area contributed by atoms with Crippen LogP contribution < -0.4 is 16.1 Å². The van der Waals surface area contributed by atoms with Gasteiger partial charge >= 0.3 is 0 Å². The molecule has 0 spiro atoms. The molecular formula is C32H28F2N4O5. The summed E-state index contributed by atoms with van der Waals surface area (Å²) in [6, 6.07) is 16.3. The lowest BCUT2D eigenvalue weighted by atomic mass is 10.0. The van der Waals surface area contributed by atoms with Gasteiger partial charge in [0.2, 0.25) is 11.3 Å². The van der Waals surface area contributed by atoms with Crippen molar-refractivity contribution in [1.82, 2.24) is 14.8 Å². The second-order valence-electron chi connectivity index (χ2n) is 10.3. The average molecular weight is 587 g/mol. The summed E-state index contributed by atoms with van der Waals surface area (Å²) in [6.07, 6.45) is 1.10. The van der Waals surface area contributed by atoms with Crippen molar-refractivity contribution in [3.8, 4) is 5.75 Å². The van der Waals surface area contributed by atoms with Gasteiger partial charge in [-0.1, -0.05) is 54.6 Å². The standard InChI is InChI=1S/C32H28F2N4O5/c1-18-7-6-8-19(2)26(18)36-31(42)25-17-37-16-23(30(41)35-14-21-11-12-22(33)13-24(21)34)28(39)29(40)27(37)32(43)38(25)15-20-9-4-3-5-10-20/h3-13,16,25,40H,14-15,17H2,1-2H3,(H,35,41)(H,36,42). The Hall–Kier alpha value is -5.32. The number of pyridine rings is 1. The van der Waals surface area contributed by atoms with Gasteiger partial charge in [-0.25, -0.2) is 8.78 Å². The maximum Gasteiger partial charge on any atom is 0.275 e. The highest BCUT2D eigenvalue weighted by Crippen LogP contribution is 2.27. The lowest BCUT2D eigenvalue weighted by Gasteiger charge is -2.37. The number of nitrogens with zero attached hydrogens (tertiary/aromatic N) is 2. The van der Waals surface area contributed by atoms with Gasteiger partial charge in [0.1, 0.15) is 23.2 Å². The molecule has 0 aliphatic carbocycles. The summed E-state index contributed by atoms with van der Waals surface area (Å²) < 4.78 is 28.5. The molecule has 2 heterocycles. The number of aryl methyl sites for hydroxylation is 2. The van der Waals surface area contributed by atoms with E-state index in [0.717, 1.165) is 35.0 Å². The van der Waals surface area contributed by atoms with Gasteiger partial charge in [-0.15, -0.1) is 0 Å². The van der Waals surface area contributed by atoms with E-state index in [-0.39, 0.29) is 30.9 Å². The molecule has 3 aromatic carbocycles. The summed E-state index contributed by atoms with van der Waals surface area (Å²) in [5.74, 6) is -4.83. The first-order chi connectivity index (χ1) is 20.5. The molecule has 1 aliphatic heterocycles. The fourth-order valence-corrected chi connectivity index (χ4v) is 5.08. The molecule has 0 bridgehead atoms. The number of hydrogen-bond donors (Lipinski definition) is 3. The van der Waals surface area contributed by atoms with Crippen LogP contribution in [0.25, 0.3) is 0 Å². The topological polar surface area (TPSA) is 121 Å². The van der Waals surface area contributed by atoms with E-state index in [4.69, 9.17) is 0 Å². The summed E-state index contributed by atoms with van der Waals surface area (Å²) in [5, 5.41) is 16.2. The quantitative estimate of drug-likeness (QED) is 0.302. The lowest BCUT2D eigenvalue weighted by molar-refractivity contribution is -0.121. The van der Waals surface area contributed by atoms with Crippen LogP contribution in [-0.4, -0.2) is 38.3 Å². The van der Waals surface area contributed by atoms with Crippen molar-refractivity contribution in [2.45, 2.75) is 39.5 Å². The molecule has 5 rings (SSSR count). The Morgan fingerprint density at radius 1 is 0.977 bits per heavy atom. The highest BCUT2D eigenvalue weighted by Gasteiger charge is 2.40. The van der Waals surface area contributed by atoms with Gasteiger partial charge < -0.3 is 25.2 Å². The van der Waals surface area contributed by atoms with Crippen molar-refractivity contribution in [3.05, 3.63) is 128 Å². The van der Waals surface area contributed by atoms with E-state index in [1.165, 1.54) is 9.47 Å². The van der Waals surface area contributed by atoms with Gasteiger partial charge in [0.15, 0.2) is 11.4 Å². The van der Waals surface area contributed by atoms with Crippen LogP contribution in [0.4, 0.5) is 14.5 Å². The van der Waals surface area contributed by atoms with Gasteiger partial charge in [-0.2, -0.15) is 0 Å². The van der Waals surface area contributed by atoms with Gasteiger partial charge in [0.05, 0.1) is 6.54 Å². The smallest absolute Gasteiger partial charge is 0.275 e. The molecule has 1 atom stereocenters. The molecule has 3 amide bonds. The number of fused-ring (bicyclic) bond motifs is 1. The highest BCUT2D eigenvalue weighted by molar-refractivity contribution is 6.04. The minimum absolute atomic E-state index is 0.0175. The molecule has 0 saturated carbocycles. The first-order valence-corrected chi connectivity index (χ1v) is 13.5. The van der Waals surface area contributed by atoms with Crippen LogP contribution in [0.1, 0.15) is 43.1 Å². The van der Waals surface area contributed by atoms with E-state index in [1.54, 1.807) is 24.3 Å². The normalized spacial score (nSPS) is 14.3. The molecule has 3 N–H and O–H groups in total. The second kappa shape index (κ2) is 11.9. The molecule has 0 radical (unpaired) electrons. The van der Waals surface area contributed by atoms with E-state index in [2.05, 4.69) is 10.6 Å². The van der Waals surface area contributed by atoms with E-state index in [9.17, 15) is 33.1 Å². The molecule has 0 saturated heterocycles. The van der Waals surface area contributed by atoms with Gasteiger partial charge in [0, 0.05) is 36.6 Å². The number of rotatable bonds is 7. The van der Waals surface area contributed by atoms with E-state index >= 15 is 0 Å². The number of amides is 3. The number of aromatic nitrogens is 1. The number of halogens is 2. The summed E-state index contributed by atoms with van der Waals surface area (Å²) in [5.41, 5.74) is 0.968. The molecule has 43 heavy (non-hydrogen) atoms. The number of benzene rings is 3. The molecule has 9 nitrogen and oxygen atoms in total. The minimum Gasteiger partial charge on any atom is -0.503 e. The fraction of sp³-hybridized carbons (Fsp3) is 0.188. The molecule has 1 aliphatic rings. The zero-order valence-electron chi connectivity index (χ0n) is 23.4. The van der Waals surface area contributed by atoms with Crippen LogP contribution in [0, 0.1) is 25.5 Å². The Kier molecular flexibility index (Phi) is 8.07. The first-order valence-electron chi connectivity index (χ1n) is 13.5. The third-order valence-electron chi connectivity index (χ3n) is 7.39. The maximum atomic E-state index is 14.1. The molecule has 1 aromatic heterocycles. The summed E-state index contributed by atoms with van der Waals surface area (Å²) >= 11 is 0. The minimum atomic E-state index is -1.10. The Morgan fingerprint density at radius 2 is 1.67 bits per heavy atom. The van der Waals surface area contributed by atoms with Crippen LogP contribution in [0.3, 0.4) is 0 Å². The van der Waals surface area contributed by atoms with Crippen LogP contribution in [-0.2, 0) is 24.4 Å². The van der Waals surface area contributed by atoms with Crippen molar-refractivity contribution in [3.63, 3.8) is 0 Å². The number of carbonyl (C=O) groups excluding carboxylic acids is 3.